The third kappa shape index (κ3) is 4.83. The van der Waals surface area contributed by atoms with E-state index in [2.05, 4.69) is 10.1 Å². The van der Waals surface area contributed by atoms with Crippen LogP contribution in [-0.4, -0.2) is 32.4 Å². The van der Waals surface area contributed by atoms with Gasteiger partial charge in [0.15, 0.2) is 5.89 Å². The largest absolute Gasteiger partial charge is 0.493 e. The van der Waals surface area contributed by atoms with Gasteiger partial charge in [0.05, 0.1) is 23.7 Å². The number of para-hydroxylation sites is 1. The zero-order valence-corrected chi connectivity index (χ0v) is 17.4. The van der Waals surface area contributed by atoms with Crippen LogP contribution >= 0.6 is 0 Å². The van der Waals surface area contributed by atoms with E-state index in [0.717, 1.165) is 28.5 Å². The van der Waals surface area contributed by atoms with Gasteiger partial charge in [-0.1, -0.05) is 30.3 Å². The summed E-state index contributed by atoms with van der Waals surface area (Å²) in [5.74, 6) is 1.18. The predicted octanol–water partition coefficient (Wildman–Crippen LogP) is 4.39. The molecule has 0 fully saturated rings. The fourth-order valence-corrected chi connectivity index (χ4v) is 3.44. The lowest BCUT2D eigenvalue weighted by atomic mass is 10.1. The standard InChI is InChI=1S/C24H23N3O4/c1-16-22(25-17(2)31-16)11-12-30-20-10-6-7-18(13-20)14-23-21(24(28)29)15-27(26-23)19-8-4-3-5-9-19/h3-10,13,15H,11-12,14H2,1-2H3,(H,28,29). The third-order valence-electron chi connectivity index (χ3n) is 4.92. The molecule has 0 saturated carbocycles. The number of aromatic nitrogens is 3. The Balaban J connectivity index is 1.47. The maximum absolute atomic E-state index is 11.7. The van der Waals surface area contributed by atoms with Crippen molar-refractivity contribution < 1.29 is 19.1 Å². The number of oxazole rings is 1. The van der Waals surface area contributed by atoms with Crippen LogP contribution in [0.25, 0.3) is 5.69 Å². The molecule has 158 valence electrons. The molecule has 2 aromatic carbocycles. The minimum absolute atomic E-state index is 0.187. The molecule has 1 N–H and O–H groups in total. The van der Waals surface area contributed by atoms with Crippen LogP contribution in [-0.2, 0) is 12.8 Å². The molecule has 7 heteroatoms. The highest BCUT2D eigenvalue weighted by atomic mass is 16.5. The van der Waals surface area contributed by atoms with Crippen molar-refractivity contribution in [3.63, 3.8) is 0 Å². The van der Waals surface area contributed by atoms with E-state index in [1.54, 1.807) is 10.9 Å². The number of rotatable bonds is 8. The lowest BCUT2D eigenvalue weighted by Crippen LogP contribution is -2.04. The zero-order chi connectivity index (χ0) is 21.8. The Labute approximate surface area is 179 Å². The van der Waals surface area contributed by atoms with Gasteiger partial charge in [-0.2, -0.15) is 5.10 Å². The number of hydrogen-bond donors (Lipinski definition) is 1. The Morgan fingerprint density at radius 1 is 1.10 bits per heavy atom. The molecule has 0 aliphatic rings. The molecule has 0 amide bonds. The van der Waals surface area contributed by atoms with Gasteiger partial charge in [0, 0.05) is 26.0 Å². The highest BCUT2D eigenvalue weighted by molar-refractivity contribution is 5.88. The van der Waals surface area contributed by atoms with Crippen molar-refractivity contribution in [3.8, 4) is 11.4 Å². The molecule has 0 unspecified atom stereocenters. The van der Waals surface area contributed by atoms with Crippen molar-refractivity contribution in [1.82, 2.24) is 14.8 Å². The number of ether oxygens (including phenoxy) is 1. The molecule has 0 atom stereocenters. The number of carbonyl (C=O) groups is 1. The second-order valence-corrected chi connectivity index (χ2v) is 7.23. The fraction of sp³-hybridized carbons (Fsp3) is 0.208. The van der Waals surface area contributed by atoms with Gasteiger partial charge in [0.25, 0.3) is 0 Å². The lowest BCUT2D eigenvalue weighted by molar-refractivity contribution is 0.0696. The Hall–Kier alpha value is -3.87. The summed E-state index contributed by atoms with van der Waals surface area (Å²) in [7, 11) is 0. The minimum Gasteiger partial charge on any atom is -0.493 e. The molecule has 0 radical (unpaired) electrons. The van der Waals surface area contributed by atoms with Gasteiger partial charge < -0.3 is 14.3 Å². The van der Waals surface area contributed by atoms with Crippen molar-refractivity contribution in [3.05, 3.63) is 95.0 Å². The van der Waals surface area contributed by atoms with Crippen LogP contribution in [0.3, 0.4) is 0 Å². The van der Waals surface area contributed by atoms with E-state index in [-0.39, 0.29) is 5.56 Å². The summed E-state index contributed by atoms with van der Waals surface area (Å²) in [5.41, 5.74) is 3.32. The number of carboxylic acid groups (broad SMARTS) is 1. The highest BCUT2D eigenvalue weighted by Crippen LogP contribution is 2.20. The number of aromatic carboxylic acids is 1. The Kier molecular flexibility index (Phi) is 5.84. The van der Waals surface area contributed by atoms with Crippen LogP contribution in [0.2, 0.25) is 0 Å². The first-order chi connectivity index (χ1) is 15.0. The molecule has 31 heavy (non-hydrogen) atoms. The van der Waals surface area contributed by atoms with E-state index in [9.17, 15) is 9.90 Å². The van der Waals surface area contributed by atoms with E-state index in [0.29, 0.717) is 31.0 Å². The second-order valence-electron chi connectivity index (χ2n) is 7.23. The van der Waals surface area contributed by atoms with Crippen LogP contribution in [0, 0.1) is 13.8 Å². The molecule has 0 saturated heterocycles. The van der Waals surface area contributed by atoms with Gasteiger partial charge in [-0.05, 0) is 36.8 Å². The number of benzene rings is 2. The topological polar surface area (TPSA) is 90.4 Å². The normalized spacial score (nSPS) is 10.9. The number of aryl methyl sites for hydroxylation is 2. The van der Waals surface area contributed by atoms with Crippen molar-refractivity contribution in [1.29, 1.82) is 0 Å². The summed E-state index contributed by atoms with van der Waals surface area (Å²) in [6, 6.07) is 17.1. The average Bonchev–Trinajstić information content (AvgIpc) is 3.32. The summed E-state index contributed by atoms with van der Waals surface area (Å²) in [6.07, 6.45) is 2.59. The average molecular weight is 417 g/mol. The molecule has 0 bridgehead atoms. The van der Waals surface area contributed by atoms with Crippen LogP contribution in [0.5, 0.6) is 5.75 Å². The molecule has 4 rings (SSSR count). The molecule has 2 aromatic heterocycles. The first-order valence-corrected chi connectivity index (χ1v) is 10.0. The van der Waals surface area contributed by atoms with E-state index in [1.807, 2.05) is 68.4 Å². The summed E-state index contributed by atoms with van der Waals surface area (Å²) < 4.78 is 12.9. The van der Waals surface area contributed by atoms with Crippen molar-refractivity contribution in [2.24, 2.45) is 0 Å². The summed E-state index contributed by atoms with van der Waals surface area (Å²) >= 11 is 0. The number of nitrogens with zero attached hydrogens (tertiary/aromatic N) is 3. The summed E-state index contributed by atoms with van der Waals surface area (Å²) in [5, 5.41) is 14.1. The van der Waals surface area contributed by atoms with E-state index < -0.39 is 5.97 Å². The highest BCUT2D eigenvalue weighted by Gasteiger charge is 2.17. The second kappa shape index (κ2) is 8.87. The molecule has 0 aliphatic carbocycles. The van der Waals surface area contributed by atoms with Gasteiger partial charge in [-0.15, -0.1) is 0 Å². The molecule has 0 spiro atoms. The Morgan fingerprint density at radius 2 is 1.90 bits per heavy atom. The quantitative estimate of drug-likeness (QED) is 0.457. The van der Waals surface area contributed by atoms with Crippen LogP contribution in [0.4, 0.5) is 0 Å². The van der Waals surface area contributed by atoms with E-state index in [1.165, 1.54) is 0 Å². The van der Waals surface area contributed by atoms with E-state index >= 15 is 0 Å². The van der Waals surface area contributed by atoms with Crippen molar-refractivity contribution in [2.75, 3.05) is 6.61 Å². The summed E-state index contributed by atoms with van der Waals surface area (Å²) in [6.45, 7) is 4.19. The van der Waals surface area contributed by atoms with Gasteiger partial charge >= 0.3 is 5.97 Å². The van der Waals surface area contributed by atoms with Gasteiger partial charge in [-0.3, -0.25) is 0 Å². The Bertz CT molecular complexity index is 1190. The van der Waals surface area contributed by atoms with Crippen molar-refractivity contribution >= 4 is 5.97 Å². The van der Waals surface area contributed by atoms with Gasteiger partial charge in [-0.25, -0.2) is 14.5 Å². The van der Waals surface area contributed by atoms with Gasteiger partial charge in [0.2, 0.25) is 0 Å². The molecular weight excluding hydrogens is 394 g/mol. The molecule has 2 heterocycles. The number of carboxylic acids is 1. The first kappa shape index (κ1) is 20.4. The number of hydrogen-bond acceptors (Lipinski definition) is 5. The minimum atomic E-state index is -0.997. The lowest BCUT2D eigenvalue weighted by Gasteiger charge is -2.07. The van der Waals surface area contributed by atoms with Crippen LogP contribution in [0.15, 0.2) is 65.2 Å². The van der Waals surface area contributed by atoms with Crippen LogP contribution in [0.1, 0.15) is 39.0 Å². The Morgan fingerprint density at radius 3 is 2.61 bits per heavy atom. The monoisotopic (exact) mass is 417 g/mol. The first-order valence-electron chi connectivity index (χ1n) is 10.0. The smallest absolute Gasteiger partial charge is 0.339 e. The van der Waals surface area contributed by atoms with Crippen LogP contribution < -0.4 is 4.74 Å². The summed E-state index contributed by atoms with van der Waals surface area (Å²) in [4.78, 5) is 16.1. The molecular formula is C24H23N3O4. The predicted molar refractivity (Wildman–Crippen MR) is 115 cm³/mol. The fourth-order valence-electron chi connectivity index (χ4n) is 3.44. The molecule has 4 aromatic rings. The zero-order valence-electron chi connectivity index (χ0n) is 17.4. The van der Waals surface area contributed by atoms with Gasteiger partial charge in [0.1, 0.15) is 17.1 Å². The SMILES string of the molecule is Cc1nc(CCOc2cccc(Cc3nn(-c4ccccc4)cc3C(=O)O)c2)c(C)o1. The maximum atomic E-state index is 11.7. The molecule has 7 nitrogen and oxygen atoms in total. The maximum Gasteiger partial charge on any atom is 0.339 e. The third-order valence-corrected chi connectivity index (χ3v) is 4.92. The van der Waals surface area contributed by atoms with E-state index in [4.69, 9.17) is 9.15 Å². The van der Waals surface area contributed by atoms with Crippen molar-refractivity contribution in [2.45, 2.75) is 26.7 Å². The molecule has 0 aliphatic heterocycles.